The number of likely N-dealkylation sites (tertiary alicyclic amines) is 1. The lowest BCUT2D eigenvalue weighted by molar-refractivity contribution is -0.120. The summed E-state index contributed by atoms with van der Waals surface area (Å²) >= 11 is 0. The van der Waals surface area contributed by atoms with Gasteiger partial charge in [0, 0.05) is 68.2 Å². The van der Waals surface area contributed by atoms with Crippen LogP contribution in [-0.4, -0.2) is 93.9 Å². The molecule has 0 unspecified atom stereocenters. The molecule has 3 aliphatic heterocycles. The number of aromatic nitrogens is 3. The first kappa shape index (κ1) is 27.2. The largest absolute Gasteiger partial charge is 0.311 e. The maximum absolute atomic E-state index is 14.1. The number of nitrogens with one attached hydrogen (secondary N) is 1. The standard InChI is InChI=1S/C30H39F2N7O/c1-19-13-37(25(12-33-19)15-36-14-24(32)9-20(36)2)16-27(40)38-17-30(3,4)28-26(38)11-22(29-34-18-35-39(28)29)10-21-5-7-23(31)8-6-21/h5-8,11,18-20,24-25,33H,9-10,12-17H2,1-4H3/t19-,20-,24+,25-/m1/s1. The smallest absolute Gasteiger partial charge is 0.241 e. The van der Waals surface area contributed by atoms with Gasteiger partial charge in [0.1, 0.15) is 18.3 Å². The van der Waals surface area contributed by atoms with Crippen molar-refractivity contribution in [1.29, 1.82) is 0 Å². The van der Waals surface area contributed by atoms with Crippen LogP contribution in [0.4, 0.5) is 14.5 Å². The van der Waals surface area contributed by atoms with Crippen LogP contribution < -0.4 is 10.2 Å². The fourth-order valence-corrected chi connectivity index (χ4v) is 6.82. The highest BCUT2D eigenvalue weighted by Crippen LogP contribution is 2.42. The third-order valence-electron chi connectivity index (χ3n) is 8.86. The number of carbonyl (C=O) groups is 1. The maximum atomic E-state index is 14.1. The van der Waals surface area contributed by atoms with Crippen molar-refractivity contribution >= 4 is 17.2 Å². The molecule has 214 valence electrons. The second-order valence-electron chi connectivity index (χ2n) is 12.6. The molecule has 5 heterocycles. The van der Waals surface area contributed by atoms with Crippen molar-refractivity contribution in [3.05, 3.63) is 59.3 Å². The van der Waals surface area contributed by atoms with Gasteiger partial charge in [-0.3, -0.25) is 14.6 Å². The van der Waals surface area contributed by atoms with E-state index < -0.39 is 6.17 Å². The van der Waals surface area contributed by atoms with Crippen LogP contribution in [0.2, 0.25) is 0 Å². The number of rotatable bonds is 6. The normalized spacial score (nSPS) is 27.0. The second kappa shape index (κ2) is 10.5. The van der Waals surface area contributed by atoms with E-state index in [2.05, 4.69) is 59.0 Å². The summed E-state index contributed by atoms with van der Waals surface area (Å²) in [7, 11) is 0. The van der Waals surface area contributed by atoms with E-state index >= 15 is 0 Å². The lowest BCUT2D eigenvalue weighted by atomic mass is 9.90. The first-order valence-corrected chi connectivity index (χ1v) is 14.4. The number of fused-ring (bicyclic) bond motifs is 3. The Labute approximate surface area is 234 Å². The number of benzene rings is 1. The summed E-state index contributed by atoms with van der Waals surface area (Å²) in [6.45, 7) is 12.1. The highest BCUT2D eigenvalue weighted by molar-refractivity contribution is 5.97. The van der Waals surface area contributed by atoms with Gasteiger partial charge in [0.05, 0.1) is 17.9 Å². The molecule has 4 atom stereocenters. The Hall–Kier alpha value is -2.95. The highest BCUT2D eigenvalue weighted by Gasteiger charge is 2.42. The molecule has 40 heavy (non-hydrogen) atoms. The lowest BCUT2D eigenvalue weighted by Crippen LogP contribution is -2.61. The first-order valence-electron chi connectivity index (χ1n) is 14.4. The monoisotopic (exact) mass is 551 g/mol. The van der Waals surface area contributed by atoms with Crippen molar-refractivity contribution in [2.24, 2.45) is 0 Å². The number of piperazine rings is 1. The van der Waals surface area contributed by atoms with Gasteiger partial charge >= 0.3 is 0 Å². The molecule has 2 saturated heterocycles. The molecule has 2 fully saturated rings. The Morgan fingerprint density at radius 3 is 2.65 bits per heavy atom. The molecule has 0 aliphatic carbocycles. The number of anilines is 1. The molecular weight excluding hydrogens is 512 g/mol. The molecular formula is C30H39F2N7O. The summed E-state index contributed by atoms with van der Waals surface area (Å²) in [5, 5.41) is 8.11. The Bertz CT molecular complexity index is 1390. The van der Waals surface area contributed by atoms with Gasteiger partial charge in [0.15, 0.2) is 5.65 Å². The zero-order chi connectivity index (χ0) is 28.2. The van der Waals surface area contributed by atoms with Crippen molar-refractivity contribution in [2.45, 2.75) is 70.2 Å². The molecule has 1 aromatic carbocycles. The summed E-state index contributed by atoms with van der Waals surface area (Å²) in [6, 6.07) is 9.17. The number of nitrogens with zero attached hydrogens (tertiary/aromatic N) is 6. The zero-order valence-corrected chi connectivity index (χ0v) is 23.8. The predicted octanol–water partition coefficient (Wildman–Crippen LogP) is 3.18. The fourth-order valence-electron chi connectivity index (χ4n) is 6.82. The van der Waals surface area contributed by atoms with E-state index in [0.717, 1.165) is 47.8 Å². The molecule has 10 heteroatoms. The molecule has 0 bridgehead atoms. The van der Waals surface area contributed by atoms with E-state index in [9.17, 15) is 13.6 Å². The average Bonchev–Trinajstić information content (AvgIpc) is 3.57. The predicted molar refractivity (Wildman–Crippen MR) is 151 cm³/mol. The second-order valence-corrected chi connectivity index (χ2v) is 12.6. The SMILES string of the molecule is C[C@@H]1CN(CC(=O)N2CC(C)(C)c3c2cc(Cc2ccc(F)cc2)c2ncnn32)[C@@H](CN2C[C@@H](F)C[C@H]2C)CN1. The van der Waals surface area contributed by atoms with Gasteiger partial charge in [-0.1, -0.05) is 26.0 Å². The topological polar surface area (TPSA) is 69.0 Å². The summed E-state index contributed by atoms with van der Waals surface area (Å²) in [5.41, 5.74) is 4.18. The molecule has 0 radical (unpaired) electrons. The Kier molecular flexibility index (Phi) is 7.13. The summed E-state index contributed by atoms with van der Waals surface area (Å²) in [5.74, 6) is -0.218. The summed E-state index contributed by atoms with van der Waals surface area (Å²) in [6.07, 6.45) is 1.91. The van der Waals surface area contributed by atoms with E-state index in [1.54, 1.807) is 18.5 Å². The number of halogens is 2. The van der Waals surface area contributed by atoms with Gasteiger partial charge in [-0.05, 0) is 44.0 Å². The van der Waals surface area contributed by atoms with E-state index in [1.165, 1.54) is 12.1 Å². The number of hydrogen-bond acceptors (Lipinski definition) is 6. The molecule has 1 amide bonds. The van der Waals surface area contributed by atoms with Crippen LogP contribution in [0.3, 0.4) is 0 Å². The minimum atomic E-state index is -0.776. The third-order valence-corrected chi connectivity index (χ3v) is 8.86. The lowest BCUT2D eigenvalue weighted by Gasteiger charge is -2.41. The first-order chi connectivity index (χ1) is 19.1. The van der Waals surface area contributed by atoms with Crippen LogP contribution in [-0.2, 0) is 16.6 Å². The fraction of sp³-hybridized carbons (Fsp3) is 0.567. The number of hydrogen-bond donors (Lipinski definition) is 1. The maximum Gasteiger partial charge on any atom is 0.241 e. The summed E-state index contributed by atoms with van der Waals surface area (Å²) in [4.78, 5) is 25.0. The third kappa shape index (κ3) is 5.12. The summed E-state index contributed by atoms with van der Waals surface area (Å²) < 4.78 is 29.5. The van der Waals surface area contributed by atoms with E-state index in [-0.39, 0.29) is 35.3 Å². The van der Waals surface area contributed by atoms with Gasteiger partial charge in [-0.25, -0.2) is 18.3 Å². The molecule has 2 aromatic heterocycles. The van der Waals surface area contributed by atoms with Crippen molar-refractivity contribution in [2.75, 3.05) is 44.2 Å². The van der Waals surface area contributed by atoms with Crippen LogP contribution in [0, 0.1) is 5.82 Å². The van der Waals surface area contributed by atoms with Crippen molar-refractivity contribution < 1.29 is 13.6 Å². The van der Waals surface area contributed by atoms with Crippen molar-refractivity contribution in [3.8, 4) is 0 Å². The molecule has 3 aromatic rings. The molecule has 3 aliphatic rings. The van der Waals surface area contributed by atoms with Crippen LogP contribution >= 0.6 is 0 Å². The van der Waals surface area contributed by atoms with Gasteiger partial charge in [-0.15, -0.1) is 0 Å². The van der Waals surface area contributed by atoms with Gasteiger partial charge in [0.25, 0.3) is 0 Å². The van der Waals surface area contributed by atoms with Crippen LogP contribution in [0.25, 0.3) is 5.65 Å². The van der Waals surface area contributed by atoms with Crippen LogP contribution in [0.1, 0.15) is 50.9 Å². The molecule has 8 nitrogen and oxygen atoms in total. The average molecular weight is 552 g/mol. The Morgan fingerprint density at radius 1 is 1.15 bits per heavy atom. The molecule has 1 N–H and O–H groups in total. The van der Waals surface area contributed by atoms with Gasteiger partial charge in [-0.2, -0.15) is 5.10 Å². The minimum Gasteiger partial charge on any atom is -0.311 e. The Morgan fingerprint density at radius 2 is 1.93 bits per heavy atom. The van der Waals surface area contributed by atoms with Crippen LogP contribution in [0.5, 0.6) is 0 Å². The molecule has 0 spiro atoms. The quantitative estimate of drug-likeness (QED) is 0.508. The number of alkyl halides is 1. The highest BCUT2D eigenvalue weighted by atomic mass is 19.1. The molecule has 6 rings (SSSR count). The van der Waals surface area contributed by atoms with Crippen LogP contribution in [0.15, 0.2) is 36.7 Å². The van der Waals surface area contributed by atoms with E-state index in [0.29, 0.717) is 32.5 Å². The number of carbonyl (C=O) groups excluding carboxylic acids is 1. The molecule has 0 saturated carbocycles. The van der Waals surface area contributed by atoms with Crippen molar-refractivity contribution in [1.82, 2.24) is 29.7 Å². The van der Waals surface area contributed by atoms with Gasteiger partial charge in [0.2, 0.25) is 5.91 Å². The Balaban J connectivity index is 1.28. The minimum absolute atomic E-state index is 0.0518. The van der Waals surface area contributed by atoms with E-state index in [1.807, 2.05) is 9.42 Å². The number of pyridine rings is 1. The number of amides is 1. The van der Waals surface area contributed by atoms with E-state index in [4.69, 9.17) is 0 Å². The zero-order valence-electron chi connectivity index (χ0n) is 23.8. The van der Waals surface area contributed by atoms with Gasteiger partial charge < -0.3 is 10.2 Å². The van der Waals surface area contributed by atoms with Crippen molar-refractivity contribution in [3.63, 3.8) is 0 Å².